The Bertz CT molecular complexity index is 1260. The molecule has 0 radical (unpaired) electrons. The fourth-order valence-corrected chi connectivity index (χ4v) is 5.62. The van der Waals surface area contributed by atoms with Crippen molar-refractivity contribution in [1.29, 1.82) is 0 Å². The Balaban J connectivity index is 1.08. The Morgan fingerprint density at radius 3 is 2.53 bits per heavy atom. The molecule has 4 aliphatic heterocycles. The second kappa shape index (κ2) is 8.55. The van der Waals surface area contributed by atoms with Crippen LogP contribution in [-0.4, -0.2) is 52.9 Å². The van der Waals surface area contributed by atoms with Crippen LogP contribution in [0.25, 0.3) is 0 Å². The predicted molar refractivity (Wildman–Crippen MR) is 122 cm³/mol. The summed E-state index contributed by atoms with van der Waals surface area (Å²) < 4.78 is 35.6. The minimum Gasteiger partial charge on any atom is -0.395 e. The van der Waals surface area contributed by atoms with Crippen LogP contribution in [0.2, 0.25) is 0 Å². The third-order valence-electron chi connectivity index (χ3n) is 7.48. The number of amides is 3. The van der Waals surface area contributed by atoms with Crippen molar-refractivity contribution in [2.75, 3.05) is 13.1 Å². The molecule has 0 aromatic heterocycles. The number of hydrogen-bond acceptors (Lipinski definition) is 6. The van der Waals surface area contributed by atoms with Crippen molar-refractivity contribution in [2.45, 2.75) is 57.0 Å². The van der Waals surface area contributed by atoms with Crippen molar-refractivity contribution in [1.82, 2.24) is 15.1 Å². The van der Waals surface area contributed by atoms with E-state index in [4.69, 9.17) is 0 Å². The van der Waals surface area contributed by atoms with E-state index in [0.717, 1.165) is 37.1 Å². The Hall–Kier alpha value is -3.53. The Morgan fingerprint density at radius 2 is 1.75 bits per heavy atom. The van der Waals surface area contributed by atoms with E-state index < -0.39 is 18.2 Å². The number of piperidine rings is 2. The van der Waals surface area contributed by atoms with Gasteiger partial charge in [-0.15, -0.1) is 8.78 Å². The second-order valence-electron chi connectivity index (χ2n) is 9.82. The zero-order valence-electron chi connectivity index (χ0n) is 19.5. The zero-order valence-corrected chi connectivity index (χ0v) is 19.5. The van der Waals surface area contributed by atoms with E-state index in [1.165, 1.54) is 11.6 Å². The molecule has 2 saturated heterocycles. The normalized spacial score (nSPS) is 23.7. The van der Waals surface area contributed by atoms with E-state index in [9.17, 15) is 23.2 Å². The van der Waals surface area contributed by atoms with Crippen LogP contribution in [0.3, 0.4) is 0 Å². The summed E-state index contributed by atoms with van der Waals surface area (Å²) in [4.78, 5) is 40.5. The van der Waals surface area contributed by atoms with Gasteiger partial charge in [-0.1, -0.05) is 18.2 Å². The molecule has 0 aliphatic carbocycles. The lowest BCUT2D eigenvalue weighted by atomic mass is 9.87. The van der Waals surface area contributed by atoms with Crippen LogP contribution in [0.5, 0.6) is 11.5 Å². The number of benzene rings is 2. The van der Waals surface area contributed by atoms with Crippen molar-refractivity contribution < 1.29 is 32.6 Å². The molecule has 6 rings (SSSR count). The summed E-state index contributed by atoms with van der Waals surface area (Å²) >= 11 is 0. The van der Waals surface area contributed by atoms with Gasteiger partial charge in [-0.05, 0) is 73.2 Å². The number of halogens is 2. The first kappa shape index (κ1) is 22.9. The number of likely N-dealkylation sites (tertiary alicyclic amines) is 1. The third-order valence-corrected chi connectivity index (χ3v) is 7.48. The fraction of sp³-hybridized carbons (Fsp3) is 0.423. The molecule has 4 aliphatic rings. The Kier molecular flexibility index (Phi) is 5.44. The predicted octanol–water partition coefficient (Wildman–Crippen LogP) is 3.15. The molecule has 1 unspecified atom stereocenters. The number of imide groups is 1. The fourth-order valence-electron chi connectivity index (χ4n) is 5.62. The topological polar surface area (TPSA) is 88.2 Å². The SMILES string of the molecule is O=C1CCC(N2Cc3cc(C4CCN(Cc5ccc6c(c5)OC(F)(F)O6)CC4)ccc3C2=O)C(=O)N1. The highest BCUT2D eigenvalue weighted by Crippen LogP contribution is 2.41. The molecule has 8 nitrogen and oxygen atoms in total. The van der Waals surface area contributed by atoms with Crippen LogP contribution in [0, 0.1) is 0 Å². The molecular formula is C26H25F2N3O5. The first-order valence-corrected chi connectivity index (χ1v) is 12.1. The van der Waals surface area contributed by atoms with E-state index in [0.29, 0.717) is 31.0 Å². The maximum atomic E-state index is 13.3. The summed E-state index contributed by atoms with van der Waals surface area (Å²) in [6.07, 6.45) is -1.16. The van der Waals surface area contributed by atoms with E-state index in [1.807, 2.05) is 12.1 Å². The molecule has 1 N–H and O–H groups in total. The van der Waals surface area contributed by atoms with Crippen LogP contribution < -0.4 is 14.8 Å². The first-order valence-electron chi connectivity index (χ1n) is 12.1. The Labute approximate surface area is 206 Å². The summed E-state index contributed by atoms with van der Waals surface area (Å²) in [7, 11) is 0. The van der Waals surface area contributed by atoms with E-state index in [2.05, 4.69) is 25.8 Å². The monoisotopic (exact) mass is 497 g/mol. The van der Waals surface area contributed by atoms with Gasteiger partial charge in [0.15, 0.2) is 11.5 Å². The zero-order chi connectivity index (χ0) is 25.0. The van der Waals surface area contributed by atoms with Gasteiger partial charge in [0.1, 0.15) is 6.04 Å². The number of nitrogens with one attached hydrogen (secondary N) is 1. The van der Waals surface area contributed by atoms with Crippen LogP contribution in [0.1, 0.15) is 58.6 Å². The van der Waals surface area contributed by atoms with Gasteiger partial charge in [0.05, 0.1) is 0 Å². The number of nitrogens with zero attached hydrogens (tertiary/aromatic N) is 2. The van der Waals surface area contributed by atoms with Crippen LogP contribution in [0.4, 0.5) is 8.78 Å². The van der Waals surface area contributed by atoms with Crippen molar-refractivity contribution in [3.8, 4) is 11.5 Å². The van der Waals surface area contributed by atoms with Crippen LogP contribution >= 0.6 is 0 Å². The first-order chi connectivity index (χ1) is 17.3. The number of rotatable bonds is 4. The molecule has 188 valence electrons. The summed E-state index contributed by atoms with van der Waals surface area (Å²) in [5.74, 6) is -0.408. The van der Waals surface area contributed by atoms with Gasteiger partial charge in [0.2, 0.25) is 11.8 Å². The lowest BCUT2D eigenvalue weighted by Gasteiger charge is -2.32. The van der Waals surface area contributed by atoms with Crippen molar-refractivity contribution >= 4 is 17.7 Å². The summed E-state index contributed by atoms with van der Waals surface area (Å²) in [6, 6.07) is 10.2. The molecule has 3 amide bonds. The maximum absolute atomic E-state index is 13.3. The maximum Gasteiger partial charge on any atom is 0.586 e. The molecule has 0 bridgehead atoms. The number of ether oxygens (including phenoxy) is 2. The molecule has 2 aromatic rings. The molecule has 2 fully saturated rings. The third kappa shape index (κ3) is 4.19. The highest BCUT2D eigenvalue weighted by molar-refractivity contribution is 6.05. The molecule has 10 heteroatoms. The number of alkyl halides is 2. The lowest BCUT2D eigenvalue weighted by Crippen LogP contribution is -2.52. The van der Waals surface area contributed by atoms with E-state index in [1.54, 1.807) is 17.0 Å². The molecule has 0 saturated carbocycles. The van der Waals surface area contributed by atoms with Gasteiger partial charge in [-0.2, -0.15) is 0 Å². The van der Waals surface area contributed by atoms with Crippen molar-refractivity contribution in [2.24, 2.45) is 0 Å². The van der Waals surface area contributed by atoms with E-state index >= 15 is 0 Å². The standard InChI is InChI=1S/C26H25F2N3O5/c27-26(28)35-21-5-1-15(11-22(21)36-26)13-30-9-7-16(8-10-30)17-2-3-19-18(12-17)14-31(25(19)34)20-4-6-23(32)29-24(20)33/h1-3,5,11-12,16,20H,4,6-10,13-14H2,(H,29,32,33). The largest absolute Gasteiger partial charge is 0.586 e. The van der Waals surface area contributed by atoms with Gasteiger partial charge >= 0.3 is 6.29 Å². The number of carbonyl (C=O) groups is 3. The quantitative estimate of drug-likeness (QED) is 0.653. The average Bonchev–Trinajstić information content (AvgIpc) is 3.33. The molecular weight excluding hydrogens is 472 g/mol. The van der Waals surface area contributed by atoms with Gasteiger partial charge in [-0.3, -0.25) is 24.6 Å². The molecule has 36 heavy (non-hydrogen) atoms. The minimum atomic E-state index is -3.61. The van der Waals surface area contributed by atoms with Gasteiger partial charge < -0.3 is 14.4 Å². The highest BCUT2D eigenvalue weighted by atomic mass is 19.3. The van der Waals surface area contributed by atoms with E-state index in [-0.39, 0.29) is 29.7 Å². The molecule has 2 aromatic carbocycles. The summed E-state index contributed by atoms with van der Waals surface area (Å²) in [5.41, 5.74) is 3.60. The lowest BCUT2D eigenvalue weighted by molar-refractivity contribution is -0.286. The molecule has 1 atom stereocenters. The van der Waals surface area contributed by atoms with Gasteiger partial charge in [0.25, 0.3) is 5.91 Å². The second-order valence-corrected chi connectivity index (χ2v) is 9.82. The molecule has 0 spiro atoms. The number of carbonyl (C=O) groups excluding carboxylic acids is 3. The van der Waals surface area contributed by atoms with Crippen LogP contribution in [0.15, 0.2) is 36.4 Å². The Morgan fingerprint density at radius 1 is 0.972 bits per heavy atom. The van der Waals surface area contributed by atoms with Crippen molar-refractivity contribution in [3.05, 3.63) is 58.7 Å². The summed E-state index contributed by atoms with van der Waals surface area (Å²) in [6.45, 7) is 2.71. The average molecular weight is 497 g/mol. The number of hydrogen-bond donors (Lipinski definition) is 1. The van der Waals surface area contributed by atoms with Gasteiger partial charge in [-0.25, -0.2) is 0 Å². The molecule has 4 heterocycles. The highest BCUT2D eigenvalue weighted by Gasteiger charge is 2.43. The number of fused-ring (bicyclic) bond motifs is 2. The smallest absolute Gasteiger partial charge is 0.395 e. The van der Waals surface area contributed by atoms with Crippen LogP contribution in [-0.2, 0) is 22.7 Å². The van der Waals surface area contributed by atoms with Crippen molar-refractivity contribution in [3.63, 3.8) is 0 Å². The summed E-state index contributed by atoms with van der Waals surface area (Å²) in [5, 5.41) is 2.33. The van der Waals surface area contributed by atoms with Gasteiger partial charge in [0, 0.05) is 25.1 Å². The minimum absolute atomic E-state index is 0.0497.